The summed E-state index contributed by atoms with van der Waals surface area (Å²) in [6.07, 6.45) is 1.33. The molecule has 0 bridgehead atoms. The molecule has 24 heavy (non-hydrogen) atoms. The van der Waals surface area contributed by atoms with Crippen molar-refractivity contribution in [1.82, 2.24) is 0 Å². The number of hydrogen-bond acceptors (Lipinski definition) is 2. The fraction of sp³-hybridized carbons (Fsp3) is 0.300. The van der Waals surface area contributed by atoms with Gasteiger partial charge in [-0.15, -0.1) is 0 Å². The summed E-state index contributed by atoms with van der Waals surface area (Å²) in [5.74, 6) is 0.249. The molecule has 2 rings (SSSR count). The Morgan fingerprint density at radius 3 is 2.29 bits per heavy atom. The minimum atomic E-state index is -0.109. The largest absolute Gasteiger partial charge is 0.326 e. The summed E-state index contributed by atoms with van der Waals surface area (Å²) in [6.45, 7) is 5.77. The van der Waals surface area contributed by atoms with Crippen molar-refractivity contribution in [1.29, 1.82) is 0 Å². The molecule has 0 saturated heterocycles. The summed E-state index contributed by atoms with van der Waals surface area (Å²) in [6, 6.07) is 15.2. The van der Waals surface area contributed by atoms with Gasteiger partial charge in [0.1, 0.15) is 0 Å². The molecule has 0 aliphatic rings. The van der Waals surface area contributed by atoms with Crippen LogP contribution in [0.3, 0.4) is 0 Å². The molecule has 0 aliphatic carbocycles. The van der Waals surface area contributed by atoms with Crippen LogP contribution in [0.5, 0.6) is 0 Å². The van der Waals surface area contributed by atoms with E-state index in [1.165, 1.54) is 6.92 Å². The van der Waals surface area contributed by atoms with Crippen molar-refractivity contribution in [2.45, 2.75) is 39.5 Å². The number of benzene rings is 2. The highest BCUT2D eigenvalue weighted by Crippen LogP contribution is 2.26. The van der Waals surface area contributed by atoms with Gasteiger partial charge in [-0.3, -0.25) is 9.59 Å². The van der Waals surface area contributed by atoms with Crippen molar-refractivity contribution in [3.05, 3.63) is 59.7 Å². The zero-order valence-corrected chi connectivity index (χ0v) is 14.4. The second kappa shape index (κ2) is 8.29. The predicted molar refractivity (Wildman–Crippen MR) is 98.2 cm³/mol. The maximum absolute atomic E-state index is 12.3. The summed E-state index contributed by atoms with van der Waals surface area (Å²) in [4.78, 5) is 23.3. The lowest BCUT2D eigenvalue weighted by Crippen LogP contribution is -2.16. The second-order valence-corrected chi connectivity index (χ2v) is 6.00. The van der Waals surface area contributed by atoms with Crippen LogP contribution in [0, 0.1) is 0 Å². The molecule has 0 fully saturated rings. The first kappa shape index (κ1) is 17.7. The average molecular weight is 324 g/mol. The van der Waals surface area contributed by atoms with E-state index >= 15 is 0 Å². The van der Waals surface area contributed by atoms with Gasteiger partial charge in [0.2, 0.25) is 11.8 Å². The molecular formula is C20H24N2O2. The zero-order valence-electron chi connectivity index (χ0n) is 14.4. The number of nitrogens with one attached hydrogen (secondary N) is 2. The summed E-state index contributed by atoms with van der Waals surface area (Å²) in [5.41, 5.74) is 3.68. The van der Waals surface area contributed by atoms with Crippen LogP contribution in [-0.4, -0.2) is 11.8 Å². The first-order chi connectivity index (χ1) is 11.5. The molecule has 0 heterocycles. The lowest BCUT2D eigenvalue weighted by Gasteiger charge is -2.15. The molecule has 4 nitrogen and oxygen atoms in total. The van der Waals surface area contributed by atoms with Crippen molar-refractivity contribution in [2.24, 2.45) is 0 Å². The molecule has 0 unspecified atom stereocenters. The molecule has 0 aromatic heterocycles. The minimum Gasteiger partial charge on any atom is -0.326 e. The normalized spacial score (nSPS) is 11.6. The van der Waals surface area contributed by atoms with E-state index in [4.69, 9.17) is 0 Å². The van der Waals surface area contributed by atoms with Crippen molar-refractivity contribution in [3.8, 4) is 0 Å². The number of carbonyl (C=O) groups excluding carboxylic acids is 2. The smallest absolute Gasteiger partial charge is 0.228 e. The van der Waals surface area contributed by atoms with E-state index in [0.717, 1.165) is 28.9 Å². The number of para-hydroxylation sites is 1. The van der Waals surface area contributed by atoms with Crippen LogP contribution in [0.25, 0.3) is 0 Å². The van der Waals surface area contributed by atoms with E-state index in [-0.39, 0.29) is 11.8 Å². The summed E-state index contributed by atoms with van der Waals surface area (Å²) < 4.78 is 0. The topological polar surface area (TPSA) is 58.2 Å². The SMILES string of the molecule is CC[C@@H](C)c1ccccc1NC(=O)Cc1ccc(NC(C)=O)cc1. The van der Waals surface area contributed by atoms with Gasteiger partial charge in [-0.05, 0) is 41.7 Å². The van der Waals surface area contributed by atoms with Crippen LogP contribution in [0.1, 0.15) is 44.2 Å². The maximum Gasteiger partial charge on any atom is 0.228 e. The van der Waals surface area contributed by atoms with E-state index in [2.05, 4.69) is 30.5 Å². The van der Waals surface area contributed by atoms with Gasteiger partial charge in [-0.2, -0.15) is 0 Å². The lowest BCUT2D eigenvalue weighted by molar-refractivity contribution is -0.116. The van der Waals surface area contributed by atoms with Gasteiger partial charge in [-0.25, -0.2) is 0 Å². The quantitative estimate of drug-likeness (QED) is 0.830. The van der Waals surface area contributed by atoms with Crippen LogP contribution in [0.2, 0.25) is 0 Å². The molecule has 2 aromatic rings. The molecule has 126 valence electrons. The third-order valence-electron chi connectivity index (χ3n) is 4.02. The Kier molecular flexibility index (Phi) is 6.13. The van der Waals surface area contributed by atoms with Crippen LogP contribution in [-0.2, 0) is 16.0 Å². The fourth-order valence-corrected chi connectivity index (χ4v) is 2.55. The van der Waals surface area contributed by atoms with Gasteiger partial charge in [0.05, 0.1) is 6.42 Å². The van der Waals surface area contributed by atoms with Crippen LogP contribution < -0.4 is 10.6 Å². The maximum atomic E-state index is 12.3. The standard InChI is InChI=1S/C20H24N2O2/c1-4-14(2)18-7-5-6-8-19(18)22-20(24)13-16-9-11-17(12-10-16)21-15(3)23/h5-12,14H,4,13H2,1-3H3,(H,21,23)(H,22,24)/t14-/m1/s1. The fourth-order valence-electron chi connectivity index (χ4n) is 2.55. The van der Waals surface area contributed by atoms with E-state index < -0.39 is 0 Å². The van der Waals surface area contributed by atoms with Crippen molar-refractivity contribution < 1.29 is 9.59 Å². The lowest BCUT2D eigenvalue weighted by atomic mass is 9.97. The van der Waals surface area contributed by atoms with Gasteiger partial charge in [0, 0.05) is 18.3 Å². The van der Waals surface area contributed by atoms with E-state index in [1.54, 1.807) is 12.1 Å². The molecule has 2 amide bonds. The highest BCUT2D eigenvalue weighted by atomic mass is 16.2. The zero-order chi connectivity index (χ0) is 17.5. The van der Waals surface area contributed by atoms with Crippen LogP contribution in [0.4, 0.5) is 11.4 Å². The molecule has 2 aromatic carbocycles. The van der Waals surface area contributed by atoms with Gasteiger partial charge in [-0.1, -0.05) is 44.2 Å². The molecule has 4 heteroatoms. The summed E-state index contributed by atoms with van der Waals surface area (Å²) in [5, 5.41) is 5.72. The Labute approximate surface area is 143 Å². The van der Waals surface area contributed by atoms with Crippen LogP contribution in [0.15, 0.2) is 48.5 Å². The van der Waals surface area contributed by atoms with E-state index in [1.807, 2.05) is 30.3 Å². The van der Waals surface area contributed by atoms with Gasteiger partial charge in [0.15, 0.2) is 0 Å². The highest BCUT2D eigenvalue weighted by molar-refractivity contribution is 5.93. The van der Waals surface area contributed by atoms with Gasteiger partial charge < -0.3 is 10.6 Å². The van der Waals surface area contributed by atoms with Gasteiger partial charge >= 0.3 is 0 Å². The van der Waals surface area contributed by atoms with Gasteiger partial charge in [0.25, 0.3) is 0 Å². The number of anilines is 2. The predicted octanol–water partition coefficient (Wildman–Crippen LogP) is 4.34. The Balaban J connectivity index is 2.02. The van der Waals surface area contributed by atoms with Crippen molar-refractivity contribution >= 4 is 23.2 Å². The molecule has 0 spiro atoms. The molecule has 0 radical (unpaired) electrons. The molecule has 1 atom stereocenters. The third-order valence-corrected chi connectivity index (χ3v) is 4.02. The Morgan fingerprint density at radius 1 is 1.00 bits per heavy atom. The van der Waals surface area contributed by atoms with E-state index in [0.29, 0.717) is 12.3 Å². The van der Waals surface area contributed by atoms with Crippen molar-refractivity contribution in [2.75, 3.05) is 10.6 Å². The average Bonchev–Trinajstić information content (AvgIpc) is 2.56. The second-order valence-electron chi connectivity index (χ2n) is 6.00. The number of hydrogen-bond donors (Lipinski definition) is 2. The molecular weight excluding hydrogens is 300 g/mol. The van der Waals surface area contributed by atoms with E-state index in [9.17, 15) is 9.59 Å². The first-order valence-corrected chi connectivity index (χ1v) is 8.25. The number of carbonyl (C=O) groups is 2. The summed E-state index contributed by atoms with van der Waals surface area (Å²) >= 11 is 0. The van der Waals surface area contributed by atoms with Crippen LogP contribution >= 0.6 is 0 Å². The molecule has 2 N–H and O–H groups in total. The minimum absolute atomic E-state index is 0.0435. The van der Waals surface area contributed by atoms with Crippen molar-refractivity contribution in [3.63, 3.8) is 0 Å². The number of rotatable bonds is 6. The molecule has 0 saturated carbocycles. The monoisotopic (exact) mass is 324 g/mol. The number of amides is 2. The summed E-state index contributed by atoms with van der Waals surface area (Å²) in [7, 11) is 0. The highest BCUT2D eigenvalue weighted by Gasteiger charge is 2.11. The Bertz CT molecular complexity index is 708. The Hall–Kier alpha value is -2.62. The molecule has 0 aliphatic heterocycles. The Morgan fingerprint density at radius 2 is 1.67 bits per heavy atom. The third kappa shape index (κ3) is 4.95. The first-order valence-electron chi connectivity index (χ1n) is 8.25.